The highest BCUT2D eigenvalue weighted by Crippen LogP contribution is 2.32. The van der Waals surface area contributed by atoms with Crippen molar-refractivity contribution in [2.75, 3.05) is 13.6 Å². The van der Waals surface area contributed by atoms with E-state index in [1.54, 1.807) is 0 Å². The Hall–Kier alpha value is -1.93. The van der Waals surface area contributed by atoms with E-state index in [-0.39, 0.29) is 5.69 Å². The maximum absolute atomic E-state index is 13.0. The molecule has 0 saturated carbocycles. The summed E-state index contributed by atoms with van der Waals surface area (Å²) in [4.78, 5) is 10.3. The number of aromatic nitrogens is 2. The Labute approximate surface area is 112 Å². The van der Waals surface area contributed by atoms with Crippen molar-refractivity contribution in [3.8, 4) is 10.6 Å². The highest BCUT2D eigenvalue weighted by atomic mass is 32.1. The first-order valence-corrected chi connectivity index (χ1v) is 6.34. The average molecular weight is 282 g/mol. The molecule has 2 aromatic rings. The molecule has 19 heavy (non-hydrogen) atoms. The molecule has 1 aromatic carbocycles. The number of halogens is 1. The standard InChI is InChI=1S/C11H11FN4O2S/c1-13-5-4-10-14-15-11(19-10)8-3-2-7(12)6-9(8)16(17)18/h2-3,6,13H,4-5H2,1H3. The van der Waals surface area contributed by atoms with E-state index in [2.05, 4.69) is 15.5 Å². The number of nitro groups is 1. The highest BCUT2D eigenvalue weighted by Gasteiger charge is 2.19. The van der Waals surface area contributed by atoms with Crippen molar-refractivity contribution in [1.29, 1.82) is 0 Å². The molecule has 0 amide bonds. The lowest BCUT2D eigenvalue weighted by atomic mass is 10.2. The molecule has 1 heterocycles. The molecule has 1 aromatic heterocycles. The zero-order chi connectivity index (χ0) is 13.8. The predicted octanol–water partition coefficient (Wildman–Crippen LogP) is 2.01. The Morgan fingerprint density at radius 2 is 2.26 bits per heavy atom. The molecule has 0 bridgehead atoms. The summed E-state index contributed by atoms with van der Waals surface area (Å²) in [6.45, 7) is 0.750. The van der Waals surface area contributed by atoms with E-state index >= 15 is 0 Å². The average Bonchev–Trinajstić information content (AvgIpc) is 2.84. The second-order valence-electron chi connectivity index (χ2n) is 3.77. The van der Waals surface area contributed by atoms with Gasteiger partial charge in [-0.2, -0.15) is 0 Å². The molecule has 1 N–H and O–H groups in total. The Morgan fingerprint density at radius 3 is 2.95 bits per heavy atom. The smallest absolute Gasteiger partial charge is 0.282 e. The first-order valence-electron chi connectivity index (χ1n) is 5.53. The van der Waals surface area contributed by atoms with Gasteiger partial charge >= 0.3 is 0 Å². The van der Waals surface area contributed by atoms with Crippen molar-refractivity contribution < 1.29 is 9.31 Å². The SMILES string of the molecule is CNCCc1nnc(-c2ccc(F)cc2[N+](=O)[O-])s1. The molecule has 0 atom stereocenters. The quantitative estimate of drug-likeness (QED) is 0.670. The predicted molar refractivity (Wildman–Crippen MR) is 69.6 cm³/mol. The molecule has 0 saturated heterocycles. The van der Waals surface area contributed by atoms with Gasteiger partial charge in [0.2, 0.25) is 0 Å². The van der Waals surface area contributed by atoms with Crippen molar-refractivity contribution in [2.24, 2.45) is 0 Å². The largest absolute Gasteiger partial charge is 0.319 e. The summed E-state index contributed by atoms with van der Waals surface area (Å²) in [6, 6.07) is 3.43. The monoisotopic (exact) mass is 282 g/mol. The Kier molecular flexibility index (Phi) is 4.13. The zero-order valence-corrected chi connectivity index (χ0v) is 10.9. The van der Waals surface area contributed by atoms with Crippen molar-refractivity contribution >= 4 is 17.0 Å². The lowest BCUT2D eigenvalue weighted by molar-refractivity contribution is -0.384. The van der Waals surface area contributed by atoms with Gasteiger partial charge in [-0.25, -0.2) is 4.39 Å². The number of rotatable bonds is 5. The summed E-state index contributed by atoms with van der Waals surface area (Å²) >= 11 is 1.27. The molecule has 0 aliphatic heterocycles. The summed E-state index contributed by atoms with van der Waals surface area (Å²) < 4.78 is 13.0. The summed E-state index contributed by atoms with van der Waals surface area (Å²) in [5.41, 5.74) is -0.00377. The minimum absolute atomic E-state index is 0.291. The van der Waals surface area contributed by atoms with Gasteiger partial charge < -0.3 is 5.32 Å². The van der Waals surface area contributed by atoms with Crippen LogP contribution in [0.2, 0.25) is 0 Å². The third kappa shape index (κ3) is 3.09. The summed E-state index contributed by atoms with van der Waals surface area (Å²) in [5, 5.41) is 23.0. The van der Waals surface area contributed by atoms with Gasteiger partial charge in [0.1, 0.15) is 10.8 Å². The van der Waals surface area contributed by atoms with Gasteiger partial charge in [-0.15, -0.1) is 10.2 Å². The number of hydrogen-bond acceptors (Lipinski definition) is 6. The summed E-state index contributed by atoms with van der Waals surface area (Å²) in [6.07, 6.45) is 0.698. The third-order valence-corrected chi connectivity index (χ3v) is 3.46. The topological polar surface area (TPSA) is 81.0 Å². The fraction of sp³-hybridized carbons (Fsp3) is 0.273. The van der Waals surface area contributed by atoms with Gasteiger partial charge in [-0.05, 0) is 19.2 Å². The molecule has 0 aliphatic carbocycles. The molecule has 0 unspecified atom stereocenters. The van der Waals surface area contributed by atoms with E-state index < -0.39 is 10.7 Å². The Morgan fingerprint density at radius 1 is 1.47 bits per heavy atom. The van der Waals surface area contributed by atoms with Crippen LogP contribution in [0, 0.1) is 15.9 Å². The van der Waals surface area contributed by atoms with Gasteiger partial charge in [0, 0.05) is 13.0 Å². The van der Waals surface area contributed by atoms with E-state index in [0.29, 0.717) is 17.0 Å². The second-order valence-corrected chi connectivity index (χ2v) is 4.84. The normalized spacial score (nSPS) is 10.6. The number of nitrogens with one attached hydrogen (secondary N) is 1. The molecule has 0 fully saturated rings. The molecular weight excluding hydrogens is 271 g/mol. The fourth-order valence-electron chi connectivity index (χ4n) is 1.53. The van der Waals surface area contributed by atoms with Crippen molar-refractivity contribution in [1.82, 2.24) is 15.5 Å². The molecular formula is C11H11FN4O2S. The first-order chi connectivity index (χ1) is 9.11. The van der Waals surface area contributed by atoms with Crippen molar-refractivity contribution in [3.63, 3.8) is 0 Å². The Balaban J connectivity index is 2.36. The minimum atomic E-state index is -0.643. The van der Waals surface area contributed by atoms with Gasteiger partial charge in [0.05, 0.1) is 16.6 Å². The van der Waals surface area contributed by atoms with E-state index in [0.717, 1.165) is 17.6 Å². The fourth-order valence-corrected chi connectivity index (χ4v) is 2.41. The highest BCUT2D eigenvalue weighted by molar-refractivity contribution is 7.14. The van der Waals surface area contributed by atoms with E-state index in [1.165, 1.54) is 23.5 Å². The number of likely N-dealkylation sites (N-methyl/N-ethyl adjacent to an activating group) is 1. The Bertz CT molecular complexity index is 602. The van der Waals surface area contributed by atoms with Crippen LogP contribution in [-0.4, -0.2) is 28.7 Å². The number of nitro benzene ring substituents is 1. The lowest BCUT2D eigenvalue weighted by Crippen LogP contribution is -2.09. The van der Waals surface area contributed by atoms with Gasteiger partial charge in [0.15, 0.2) is 5.01 Å². The molecule has 0 aliphatic rings. The van der Waals surface area contributed by atoms with Gasteiger partial charge in [-0.1, -0.05) is 11.3 Å². The molecule has 100 valence electrons. The maximum Gasteiger partial charge on any atom is 0.282 e. The van der Waals surface area contributed by atoms with Crippen LogP contribution in [0.5, 0.6) is 0 Å². The lowest BCUT2D eigenvalue weighted by Gasteiger charge is -1.98. The number of hydrogen-bond donors (Lipinski definition) is 1. The minimum Gasteiger partial charge on any atom is -0.319 e. The van der Waals surface area contributed by atoms with Crippen LogP contribution < -0.4 is 5.32 Å². The van der Waals surface area contributed by atoms with Crippen molar-refractivity contribution in [2.45, 2.75) is 6.42 Å². The van der Waals surface area contributed by atoms with Gasteiger partial charge in [0.25, 0.3) is 5.69 Å². The zero-order valence-electron chi connectivity index (χ0n) is 10.1. The van der Waals surface area contributed by atoms with E-state index in [1.807, 2.05) is 7.05 Å². The third-order valence-electron chi connectivity index (χ3n) is 2.44. The van der Waals surface area contributed by atoms with E-state index in [9.17, 15) is 14.5 Å². The molecule has 0 radical (unpaired) electrons. The maximum atomic E-state index is 13.0. The van der Waals surface area contributed by atoms with E-state index in [4.69, 9.17) is 0 Å². The first kappa shape index (κ1) is 13.5. The van der Waals surface area contributed by atoms with Crippen LogP contribution in [0.25, 0.3) is 10.6 Å². The summed E-state index contributed by atoms with van der Waals surface area (Å²) in [5.74, 6) is -0.643. The molecule has 0 spiro atoms. The molecule has 6 nitrogen and oxygen atoms in total. The number of benzene rings is 1. The van der Waals surface area contributed by atoms with Crippen LogP contribution >= 0.6 is 11.3 Å². The molecule has 2 rings (SSSR count). The van der Waals surface area contributed by atoms with Crippen LogP contribution in [0.4, 0.5) is 10.1 Å². The van der Waals surface area contributed by atoms with Gasteiger partial charge in [-0.3, -0.25) is 10.1 Å². The van der Waals surface area contributed by atoms with Crippen molar-refractivity contribution in [3.05, 3.63) is 39.1 Å². The summed E-state index contributed by atoms with van der Waals surface area (Å²) in [7, 11) is 1.83. The van der Waals surface area contributed by atoms with Crippen LogP contribution in [0.15, 0.2) is 18.2 Å². The molecule has 8 heteroatoms. The number of nitrogens with zero attached hydrogens (tertiary/aromatic N) is 3. The van der Waals surface area contributed by atoms with Crippen LogP contribution in [-0.2, 0) is 6.42 Å². The van der Waals surface area contributed by atoms with Crippen LogP contribution in [0.3, 0.4) is 0 Å². The van der Waals surface area contributed by atoms with Crippen LogP contribution in [0.1, 0.15) is 5.01 Å². The second kappa shape index (κ2) is 5.81.